The maximum absolute atomic E-state index is 13.0. The maximum Gasteiger partial charge on any atom is 0.359 e. The first-order valence-electron chi connectivity index (χ1n) is 26.1. The molecule has 0 saturated carbocycles. The Labute approximate surface area is 452 Å². The second-order valence-electron chi connectivity index (χ2n) is 20.7. The number of pyridine rings is 2. The van der Waals surface area contributed by atoms with E-state index in [1.165, 1.54) is 4.80 Å². The number of hydrogen-bond acceptors (Lipinski definition) is 22. The van der Waals surface area contributed by atoms with Crippen molar-refractivity contribution in [3.05, 3.63) is 72.6 Å². The molecular formula is C50H66N18O8Si2. The highest BCUT2D eigenvalue weighted by molar-refractivity contribution is 6.76. The molecule has 0 unspecified atom stereocenters. The molecule has 0 N–H and O–H groups in total. The number of ether oxygens (including phenoxy) is 6. The molecule has 10 rings (SSSR count). The summed E-state index contributed by atoms with van der Waals surface area (Å²) in [4.78, 5) is 50.2. The van der Waals surface area contributed by atoms with Crippen LogP contribution in [0.3, 0.4) is 0 Å². The lowest BCUT2D eigenvalue weighted by Gasteiger charge is -2.28. The quantitative estimate of drug-likeness (QED) is 0.0515. The minimum Gasteiger partial charge on any atom is -0.461 e. The van der Waals surface area contributed by atoms with Crippen LogP contribution in [-0.4, -0.2) is 187 Å². The fourth-order valence-corrected chi connectivity index (χ4v) is 9.95. The Morgan fingerprint density at radius 3 is 1.59 bits per heavy atom. The summed E-state index contributed by atoms with van der Waals surface area (Å²) in [6, 6.07) is 13.2. The summed E-state index contributed by atoms with van der Waals surface area (Å²) in [5.41, 5.74) is 6.70. The molecule has 2 fully saturated rings. The third kappa shape index (κ3) is 13.2. The van der Waals surface area contributed by atoms with E-state index in [-0.39, 0.29) is 38.1 Å². The van der Waals surface area contributed by atoms with Crippen LogP contribution in [0.4, 0.5) is 11.4 Å². The first-order valence-corrected chi connectivity index (χ1v) is 33.5. The Kier molecular flexibility index (Phi) is 17.6. The van der Waals surface area contributed by atoms with E-state index in [2.05, 4.69) is 105 Å². The number of anilines is 2. The van der Waals surface area contributed by atoms with Crippen molar-refractivity contribution < 1.29 is 38.0 Å². The Morgan fingerprint density at radius 2 is 1.12 bits per heavy atom. The SMILES string of the molecule is CCOC(=O)c1nc2c(N3CCOCC3)ccnn2c1-c1ccc(-c2nnn(COCC[Si](C)(C)C)n2)nc1.CCOC(=O)c1nc2c(N3CCOCC3)ccnn2c1-c1ccc(-c2nnnn2COCC[Si](C)(C)C)nc1. The largest absolute Gasteiger partial charge is 0.461 e. The van der Waals surface area contributed by atoms with Gasteiger partial charge in [-0.2, -0.15) is 14.9 Å². The standard InChI is InChI=1S/2C25H33N9O4Si/c1-5-38-25(35)21-22(34-24(28-21)20(8-9-27-34)32-10-12-36-13-11-32)18-6-7-19(26-16-18)23-29-30-31-33(23)17-37-14-15-39(2,3)4;1-5-38-25(35)21-22(34-24(28-21)20(8-9-27-34)32-10-12-36-13-11-32)18-6-7-19(26-16-18)23-29-31-33(30-23)17-37-14-15-39(2,3)4/h2*6-9,16H,5,10-15,17H2,1-4H3. The van der Waals surface area contributed by atoms with Gasteiger partial charge in [-0.3, -0.25) is 9.97 Å². The van der Waals surface area contributed by atoms with Gasteiger partial charge in [0, 0.05) is 79.1 Å². The normalized spacial score (nSPS) is 14.2. The maximum atomic E-state index is 13.0. The molecule has 2 saturated heterocycles. The molecule has 0 atom stereocenters. The summed E-state index contributed by atoms with van der Waals surface area (Å²) in [7, 11) is -2.36. The van der Waals surface area contributed by atoms with Crippen molar-refractivity contribution >= 4 is 50.8 Å². The lowest BCUT2D eigenvalue weighted by Crippen LogP contribution is -2.36. The van der Waals surface area contributed by atoms with Crippen LogP contribution in [0.2, 0.25) is 51.4 Å². The van der Waals surface area contributed by atoms with Crippen molar-refractivity contribution in [2.75, 3.05) is 88.8 Å². The average Bonchev–Trinajstić information content (AvgIpc) is 4.46. The van der Waals surface area contributed by atoms with Gasteiger partial charge < -0.3 is 38.2 Å². The molecule has 78 heavy (non-hydrogen) atoms. The number of imidazole rings is 2. The van der Waals surface area contributed by atoms with Gasteiger partial charge in [-0.05, 0) is 78.0 Å². The van der Waals surface area contributed by atoms with Crippen molar-refractivity contribution in [3.63, 3.8) is 0 Å². The number of rotatable bonds is 20. The smallest absolute Gasteiger partial charge is 0.359 e. The average molecular weight is 1100 g/mol. The van der Waals surface area contributed by atoms with Crippen LogP contribution in [0.25, 0.3) is 56.8 Å². The topological polar surface area (TPSA) is 269 Å². The van der Waals surface area contributed by atoms with Gasteiger partial charge in [-0.25, -0.2) is 28.6 Å². The highest BCUT2D eigenvalue weighted by Crippen LogP contribution is 2.33. The number of fused-ring (bicyclic) bond motifs is 2. The van der Waals surface area contributed by atoms with Crippen LogP contribution in [0, 0.1) is 0 Å². The molecule has 26 nitrogen and oxygen atoms in total. The van der Waals surface area contributed by atoms with Gasteiger partial charge in [0.05, 0.1) is 63.4 Å². The number of nitrogens with zero attached hydrogens (tertiary/aromatic N) is 18. The van der Waals surface area contributed by atoms with Crippen molar-refractivity contribution in [1.29, 1.82) is 0 Å². The van der Waals surface area contributed by atoms with Crippen LogP contribution >= 0.6 is 0 Å². The van der Waals surface area contributed by atoms with Crippen molar-refractivity contribution in [1.82, 2.24) is 79.6 Å². The van der Waals surface area contributed by atoms with E-state index in [0.717, 1.165) is 49.6 Å². The predicted octanol–water partition coefficient (Wildman–Crippen LogP) is 5.54. The minimum absolute atomic E-state index is 0.180. The molecule has 10 heterocycles. The minimum atomic E-state index is -1.19. The second kappa shape index (κ2) is 24.9. The van der Waals surface area contributed by atoms with E-state index >= 15 is 0 Å². The highest BCUT2D eigenvalue weighted by atomic mass is 28.3. The highest BCUT2D eigenvalue weighted by Gasteiger charge is 2.29. The van der Waals surface area contributed by atoms with Crippen LogP contribution < -0.4 is 9.80 Å². The van der Waals surface area contributed by atoms with Crippen molar-refractivity contribution in [2.45, 2.75) is 78.7 Å². The van der Waals surface area contributed by atoms with Gasteiger partial charge >= 0.3 is 11.9 Å². The molecule has 8 aromatic heterocycles. The molecule has 8 aromatic rings. The molecule has 2 aliphatic rings. The third-order valence-electron chi connectivity index (χ3n) is 12.6. The monoisotopic (exact) mass is 1100 g/mol. The molecule has 0 bridgehead atoms. The Hall–Kier alpha value is -7.51. The lowest BCUT2D eigenvalue weighted by molar-refractivity contribution is 0.0511. The molecule has 2 aliphatic heterocycles. The summed E-state index contributed by atoms with van der Waals surface area (Å²) in [6.45, 7) is 25.0. The van der Waals surface area contributed by atoms with Gasteiger partial charge in [0.1, 0.15) is 29.5 Å². The summed E-state index contributed by atoms with van der Waals surface area (Å²) in [5, 5.41) is 33.6. The first kappa shape index (κ1) is 55.3. The number of aromatic nitrogens is 16. The number of tetrazole rings is 2. The Morgan fingerprint density at radius 1 is 0.615 bits per heavy atom. The summed E-state index contributed by atoms with van der Waals surface area (Å²) in [5.74, 6) is -0.166. The molecule has 28 heteroatoms. The molecule has 0 aliphatic carbocycles. The zero-order valence-electron chi connectivity index (χ0n) is 45.4. The van der Waals surface area contributed by atoms with Crippen LogP contribution in [0.15, 0.2) is 61.2 Å². The zero-order valence-corrected chi connectivity index (χ0v) is 47.4. The lowest BCUT2D eigenvalue weighted by atomic mass is 10.1. The Balaban J connectivity index is 0.000000190. The van der Waals surface area contributed by atoms with Crippen molar-refractivity contribution in [2.24, 2.45) is 0 Å². The molecule has 412 valence electrons. The first-order chi connectivity index (χ1) is 37.7. The fraction of sp³-hybridized carbons (Fsp3) is 0.480. The number of carbonyl (C=O) groups excluding carboxylic acids is 2. The zero-order chi connectivity index (χ0) is 54.8. The molecule has 0 aromatic carbocycles. The van der Waals surface area contributed by atoms with Gasteiger partial charge in [0.2, 0.25) is 11.6 Å². The number of hydrogen-bond donors (Lipinski definition) is 0. The van der Waals surface area contributed by atoms with E-state index in [4.69, 9.17) is 33.4 Å². The number of morpholine rings is 2. The molecule has 0 amide bonds. The molecular weight excluding hydrogens is 1040 g/mol. The fourth-order valence-electron chi connectivity index (χ4n) is 8.44. The van der Waals surface area contributed by atoms with Crippen LogP contribution in [-0.2, 0) is 41.9 Å². The van der Waals surface area contributed by atoms with E-state index < -0.39 is 28.1 Å². The molecule has 0 radical (unpaired) electrons. The second-order valence-corrected chi connectivity index (χ2v) is 32.0. The summed E-state index contributed by atoms with van der Waals surface area (Å²) < 4.78 is 38.1. The summed E-state index contributed by atoms with van der Waals surface area (Å²) in [6.07, 6.45) is 6.72. The van der Waals surface area contributed by atoms with Crippen molar-refractivity contribution in [3.8, 4) is 45.6 Å². The van der Waals surface area contributed by atoms with Crippen LogP contribution in [0.1, 0.15) is 34.8 Å². The van der Waals surface area contributed by atoms with Gasteiger partial charge in [-0.15, -0.1) is 20.1 Å². The van der Waals surface area contributed by atoms with E-state index in [0.29, 0.717) is 96.5 Å². The van der Waals surface area contributed by atoms with Crippen LogP contribution in [0.5, 0.6) is 0 Å². The van der Waals surface area contributed by atoms with Gasteiger partial charge in [0.15, 0.2) is 29.4 Å². The number of esters is 2. The number of carbonyl (C=O) groups is 2. The van der Waals surface area contributed by atoms with E-state index in [1.807, 2.05) is 24.3 Å². The van der Waals surface area contributed by atoms with E-state index in [9.17, 15) is 9.59 Å². The van der Waals surface area contributed by atoms with Gasteiger partial charge in [-0.1, -0.05) is 39.3 Å². The Bertz CT molecular complexity index is 3290. The third-order valence-corrected chi connectivity index (χ3v) is 16.0. The molecule has 0 spiro atoms. The predicted molar refractivity (Wildman–Crippen MR) is 292 cm³/mol. The van der Waals surface area contributed by atoms with E-state index in [1.54, 1.807) is 64.5 Å². The summed E-state index contributed by atoms with van der Waals surface area (Å²) >= 11 is 0. The van der Waals surface area contributed by atoms with Gasteiger partial charge in [0.25, 0.3) is 0 Å².